The molecule has 0 aromatic heterocycles. The van der Waals surface area contributed by atoms with Gasteiger partial charge in [-0.25, -0.2) is 9.18 Å². The lowest BCUT2D eigenvalue weighted by molar-refractivity contribution is 0.0263. The van der Waals surface area contributed by atoms with E-state index in [1.165, 1.54) is 6.07 Å². The first kappa shape index (κ1) is 17.1. The SMILES string of the molecule is CC(C)(C)OC(=O)N1CCCN(c2ccc(C#N)cc2F)CC1. The predicted molar refractivity (Wildman–Crippen MR) is 85.8 cm³/mol. The first-order chi connectivity index (χ1) is 10.8. The maximum absolute atomic E-state index is 14.1. The van der Waals surface area contributed by atoms with Crippen molar-refractivity contribution in [1.29, 1.82) is 5.26 Å². The molecule has 0 bridgehead atoms. The molecular formula is C17H22FN3O2. The summed E-state index contributed by atoms with van der Waals surface area (Å²) in [6.07, 6.45) is 0.401. The zero-order chi connectivity index (χ0) is 17.0. The summed E-state index contributed by atoms with van der Waals surface area (Å²) >= 11 is 0. The van der Waals surface area contributed by atoms with Crippen molar-refractivity contribution in [3.63, 3.8) is 0 Å². The summed E-state index contributed by atoms with van der Waals surface area (Å²) in [7, 11) is 0. The van der Waals surface area contributed by atoms with Gasteiger partial charge in [-0.2, -0.15) is 5.26 Å². The van der Waals surface area contributed by atoms with Crippen LogP contribution >= 0.6 is 0 Å². The van der Waals surface area contributed by atoms with E-state index in [0.29, 0.717) is 37.4 Å². The van der Waals surface area contributed by atoms with Gasteiger partial charge in [0.1, 0.15) is 11.4 Å². The van der Waals surface area contributed by atoms with Crippen LogP contribution in [0.4, 0.5) is 14.9 Å². The highest BCUT2D eigenvalue weighted by molar-refractivity contribution is 5.68. The van der Waals surface area contributed by atoms with Crippen LogP contribution in [0.2, 0.25) is 0 Å². The van der Waals surface area contributed by atoms with Crippen molar-refractivity contribution in [1.82, 2.24) is 4.90 Å². The van der Waals surface area contributed by atoms with Gasteiger partial charge in [-0.05, 0) is 45.4 Å². The molecule has 1 heterocycles. The van der Waals surface area contributed by atoms with E-state index in [-0.39, 0.29) is 6.09 Å². The van der Waals surface area contributed by atoms with Crippen molar-refractivity contribution < 1.29 is 13.9 Å². The van der Waals surface area contributed by atoms with Crippen LogP contribution in [0.25, 0.3) is 0 Å². The maximum atomic E-state index is 14.1. The summed E-state index contributed by atoms with van der Waals surface area (Å²) < 4.78 is 19.5. The lowest BCUT2D eigenvalue weighted by atomic mass is 10.2. The van der Waals surface area contributed by atoms with Gasteiger partial charge in [0.15, 0.2) is 0 Å². The lowest BCUT2D eigenvalue weighted by Crippen LogP contribution is -2.39. The van der Waals surface area contributed by atoms with E-state index < -0.39 is 11.4 Å². The molecule has 1 aliphatic heterocycles. The highest BCUT2D eigenvalue weighted by atomic mass is 19.1. The third kappa shape index (κ3) is 4.59. The first-order valence-electron chi connectivity index (χ1n) is 7.73. The van der Waals surface area contributed by atoms with Crippen LogP contribution in [0.3, 0.4) is 0 Å². The van der Waals surface area contributed by atoms with Crippen LogP contribution in [0.15, 0.2) is 18.2 Å². The van der Waals surface area contributed by atoms with Gasteiger partial charge in [-0.15, -0.1) is 0 Å². The highest BCUT2D eigenvalue weighted by Gasteiger charge is 2.25. The van der Waals surface area contributed by atoms with Crippen molar-refractivity contribution in [2.75, 3.05) is 31.1 Å². The van der Waals surface area contributed by atoms with E-state index in [9.17, 15) is 9.18 Å². The zero-order valence-electron chi connectivity index (χ0n) is 13.8. The molecule has 1 aromatic rings. The molecule has 0 N–H and O–H groups in total. The van der Waals surface area contributed by atoms with E-state index >= 15 is 0 Å². The second-order valence-electron chi connectivity index (χ2n) is 6.59. The molecule has 1 aromatic carbocycles. The Morgan fingerprint density at radius 1 is 1.26 bits per heavy atom. The van der Waals surface area contributed by atoms with Crippen LogP contribution < -0.4 is 4.90 Å². The number of carbonyl (C=O) groups is 1. The fourth-order valence-electron chi connectivity index (χ4n) is 2.50. The smallest absolute Gasteiger partial charge is 0.410 e. The molecule has 1 fully saturated rings. The highest BCUT2D eigenvalue weighted by Crippen LogP contribution is 2.22. The Morgan fingerprint density at radius 2 is 2.00 bits per heavy atom. The average Bonchev–Trinajstić information content (AvgIpc) is 2.71. The summed E-state index contributed by atoms with van der Waals surface area (Å²) in [6.45, 7) is 7.76. The largest absolute Gasteiger partial charge is 0.444 e. The summed E-state index contributed by atoms with van der Waals surface area (Å²) in [4.78, 5) is 15.7. The Labute approximate surface area is 136 Å². The van der Waals surface area contributed by atoms with E-state index in [1.54, 1.807) is 17.0 Å². The standard InChI is InChI=1S/C17H22FN3O2/c1-17(2,3)23-16(22)21-8-4-7-20(9-10-21)15-6-5-13(12-19)11-14(15)18/h5-6,11H,4,7-10H2,1-3H3. The van der Waals surface area contributed by atoms with E-state index in [0.717, 1.165) is 6.42 Å². The minimum Gasteiger partial charge on any atom is -0.444 e. The molecule has 1 amide bonds. The average molecular weight is 319 g/mol. The van der Waals surface area contributed by atoms with Crippen molar-refractivity contribution in [3.05, 3.63) is 29.6 Å². The Hall–Kier alpha value is -2.29. The molecule has 0 aliphatic carbocycles. The molecule has 0 unspecified atom stereocenters. The second-order valence-corrected chi connectivity index (χ2v) is 6.59. The van der Waals surface area contributed by atoms with E-state index in [4.69, 9.17) is 10.00 Å². The third-order valence-corrected chi connectivity index (χ3v) is 3.57. The van der Waals surface area contributed by atoms with Gasteiger partial charge in [0.25, 0.3) is 0 Å². The number of hydrogen-bond donors (Lipinski definition) is 0. The molecule has 0 atom stereocenters. The van der Waals surface area contributed by atoms with Crippen molar-refractivity contribution in [2.45, 2.75) is 32.8 Å². The van der Waals surface area contributed by atoms with Gasteiger partial charge in [-0.3, -0.25) is 0 Å². The number of halogens is 1. The van der Waals surface area contributed by atoms with Gasteiger partial charge in [0.05, 0.1) is 17.3 Å². The monoisotopic (exact) mass is 319 g/mol. The molecule has 0 saturated carbocycles. The van der Waals surface area contributed by atoms with Gasteiger partial charge in [-0.1, -0.05) is 0 Å². The lowest BCUT2D eigenvalue weighted by Gasteiger charge is -2.27. The van der Waals surface area contributed by atoms with Crippen LogP contribution in [0.1, 0.15) is 32.8 Å². The van der Waals surface area contributed by atoms with Crippen molar-refractivity contribution >= 4 is 11.8 Å². The number of anilines is 1. The Balaban J connectivity index is 2.04. The summed E-state index contributed by atoms with van der Waals surface area (Å²) in [5.41, 5.74) is 0.244. The maximum Gasteiger partial charge on any atom is 0.410 e. The predicted octanol–water partition coefficient (Wildman–Crippen LogP) is 3.14. The van der Waals surface area contributed by atoms with Gasteiger partial charge in [0, 0.05) is 26.2 Å². The second kappa shape index (κ2) is 6.86. The van der Waals surface area contributed by atoms with Crippen LogP contribution in [-0.4, -0.2) is 42.8 Å². The Kier molecular flexibility index (Phi) is 5.09. The summed E-state index contributed by atoms with van der Waals surface area (Å²) in [5.74, 6) is -0.408. The van der Waals surface area contributed by atoms with Crippen LogP contribution in [0.5, 0.6) is 0 Å². The number of benzene rings is 1. The topological polar surface area (TPSA) is 56.6 Å². The molecule has 6 heteroatoms. The molecule has 23 heavy (non-hydrogen) atoms. The molecule has 124 valence electrons. The van der Waals surface area contributed by atoms with Crippen molar-refractivity contribution in [2.24, 2.45) is 0 Å². The minimum atomic E-state index is -0.525. The number of ether oxygens (including phenoxy) is 1. The normalized spacial score (nSPS) is 15.8. The number of nitrogens with zero attached hydrogens (tertiary/aromatic N) is 3. The molecule has 0 spiro atoms. The quantitative estimate of drug-likeness (QED) is 0.798. The number of amides is 1. The van der Waals surface area contributed by atoms with Gasteiger partial charge < -0.3 is 14.5 Å². The first-order valence-corrected chi connectivity index (χ1v) is 7.73. The molecule has 0 radical (unpaired) electrons. The number of carbonyl (C=O) groups excluding carboxylic acids is 1. The minimum absolute atomic E-state index is 0.302. The zero-order valence-corrected chi connectivity index (χ0v) is 13.8. The number of nitriles is 1. The fourth-order valence-corrected chi connectivity index (χ4v) is 2.50. The molecule has 2 rings (SSSR count). The third-order valence-electron chi connectivity index (χ3n) is 3.57. The van der Waals surface area contributed by atoms with Gasteiger partial charge >= 0.3 is 6.09 Å². The number of rotatable bonds is 1. The van der Waals surface area contributed by atoms with E-state index in [1.807, 2.05) is 31.7 Å². The summed E-state index contributed by atoms with van der Waals surface area (Å²) in [6, 6.07) is 6.40. The molecular weight excluding hydrogens is 297 g/mol. The molecule has 5 nitrogen and oxygen atoms in total. The van der Waals surface area contributed by atoms with E-state index in [2.05, 4.69) is 0 Å². The summed E-state index contributed by atoms with van der Waals surface area (Å²) in [5, 5.41) is 8.81. The van der Waals surface area contributed by atoms with Crippen LogP contribution in [-0.2, 0) is 4.74 Å². The Morgan fingerprint density at radius 3 is 2.61 bits per heavy atom. The van der Waals surface area contributed by atoms with Crippen LogP contribution in [0, 0.1) is 17.1 Å². The number of hydrogen-bond acceptors (Lipinski definition) is 4. The van der Waals surface area contributed by atoms with Gasteiger partial charge in [0.2, 0.25) is 0 Å². The fraction of sp³-hybridized carbons (Fsp3) is 0.529. The molecule has 1 aliphatic rings. The Bertz CT molecular complexity index is 619. The molecule has 1 saturated heterocycles. The van der Waals surface area contributed by atoms with Crippen molar-refractivity contribution in [3.8, 4) is 6.07 Å².